The normalized spacial score (nSPS) is 17.8. The molecule has 0 radical (unpaired) electrons. The lowest BCUT2D eigenvalue weighted by Gasteiger charge is -2.27. The molecule has 7 nitrogen and oxygen atoms in total. The van der Waals surface area contributed by atoms with Gasteiger partial charge in [-0.2, -0.15) is 18.4 Å². The Hall–Kier alpha value is -2.16. The van der Waals surface area contributed by atoms with Gasteiger partial charge in [0.25, 0.3) is 0 Å². The van der Waals surface area contributed by atoms with Crippen molar-refractivity contribution >= 4 is 15.7 Å². The molecular formula is C18H23F3N4O3S. The molecule has 1 aliphatic rings. The molecule has 1 amide bonds. The van der Waals surface area contributed by atoms with Gasteiger partial charge in [-0.05, 0) is 36.9 Å². The summed E-state index contributed by atoms with van der Waals surface area (Å²) in [6.07, 6.45) is -2.72. The molecule has 160 valence electrons. The van der Waals surface area contributed by atoms with Gasteiger partial charge >= 0.3 is 6.18 Å². The Kier molecular flexibility index (Phi) is 6.93. The first kappa shape index (κ1) is 23.1. The summed E-state index contributed by atoms with van der Waals surface area (Å²) in [5, 5.41) is 13.6. The number of nitrogens with zero attached hydrogens (tertiary/aromatic N) is 1. The molecule has 0 saturated heterocycles. The Balaban J connectivity index is 2.29. The van der Waals surface area contributed by atoms with Crippen molar-refractivity contribution in [2.24, 2.45) is 5.73 Å². The minimum absolute atomic E-state index is 0.161. The topological polar surface area (TPSA) is 125 Å². The fourth-order valence-electron chi connectivity index (χ4n) is 2.84. The number of sulfone groups is 1. The lowest BCUT2D eigenvalue weighted by atomic mass is 10.0. The number of alkyl halides is 3. The van der Waals surface area contributed by atoms with Gasteiger partial charge in [-0.15, -0.1) is 0 Å². The Morgan fingerprint density at radius 3 is 2.31 bits per heavy atom. The van der Waals surface area contributed by atoms with Gasteiger partial charge in [0.2, 0.25) is 5.91 Å². The number of nitrogens with two attached hydrogens (primary N) is 1. The zero-order valence-corrected chi connectivity index (χ0v) is 16.6. The molecule has 1 aromatic carbocycles. The largest absolute Gasteiger partial charge is 0.407 e. The van der Waals surface area contributed by atoms with Crippen molar-refractivity contribution in [2.45, 2.75) is 43.1 Å². The van der Waals surface area contributed by atoms with Crippen LogP contribution in [0.15, 0.2) is 24.3 Å². The highest BCUT2D eigenvalue weighted by Gasteiger charge is 2.48. The molecule has 11 heteroatoms. The summed E-state index contributed by atoms with van der Waals surface area (Å²) in [5.74, 6) is -1.79. The maximum Gasteiger partial charge on any atom is 0.407 e. The van der Waals surface area contributed by atoms with Gasteiger partial charge in [0.15, 0.2) is 0 Å². The number of nitriles is 1. The van der Waals surface area contributed by atoms with Gasteiger partial charge in [0, 0.05) is 6.26 Å². The molecular weight excluding hydrogens is 409 g/mol. The van der Waals surface area contributed by atoms with E-state index in [1.165, 1.54) is 24.3 Å². The van der Waals surface area contributed by atoms with E-state index in [2.05, 4.69) is 10.6 Å². The van der Waals surface area contributed by atoms with Crippen LogP contribution in [0.25, 0.3) is 0 Å². The zero-order valence-electron chi connectivity index (χ0n) is 15.8. The average molecular weight is 432 g/mol. The highest BCUT2D eigenvalue weighted by atomic mass is 32.2. The average Bonchev–Trinajstić information content (AvgIpc) is 3.37. The summed E-state index contributed by atoms with van der Waals surface area (Å²) in [7, 11) is -3.79. The van der Waals surface area contributed by atoms with Crippen LogP contribution in [-0.2, 0) is 21.1 Å². The smallest absolute Gasteiger partial charge is 0.336 e. The van der Waals surface area contributed by atoms with E-state index >= 15 is 0 Å². The third-order valence-corrected chi connectivity index (χ3v) is 5.49. The van der Waals surface area contributed by atoms with Gasteiger partial charge in [-0.3, -0.25) is 10.1 Å². The van der Waals surface area contributed by atoms with Crippen LogP contribution >= 0.6 is 0 Å². The Morgan fingerprint density at radius 1 is 1.31 bits per heavy atom. The van der Waals surface area contributed by atoms with Crippen LogP contribution in [0.5, 0.6) is 0 Å². The lowest BCUT2D eigenvalue weighted by molar-refractivity contribution is -0.160. The third-order valence-electron chi connectivity index (χ3n) is 4.55. The maximum atomic E-state index is 13.7. The second-order valence-corrected chi connectivity index (χ2v) is 9.43. The number of nitrogens with one attached hydrogen (secondary N) is 2. The number of benzene rings is 1. The van der Waals surface area contributed by atoms with E-state index in [9.17, 15) is 26.4 Å². The predicted octanol–water partition coefficient (Wildman–Crippen LogP) is 0.966. The molecule has 1 aliphatic carbocycles. The molecule has 1 saturated carbocycles. The van der Waals surface area contributed by atoms with Crippen LogP contribution in [0.4, 0.5) is 13.2 Å². The van der Waals surface area contributed by atoms with E-state index in [0.29, 0.717) is 25.8 Å². The Morgan fingerprint density at radius 2 is 1.90 bits per heavy atom. The number of hydrogen-bond donors (Lipinski definition) is 3. The molecule has 0 aromatic heterocycles. The van der Waals surface area contributed by atoms with Crippen molar-refractivity contribution in [3.05, 3.63) is 35.4 Å². The summed E-state index contributed by atoms with van der Waals surface area (Å²) >= 11 is 0. The van der Waals surface area contributed by atoms with E-state index in [-0.39, 0.29) is 5.56 Å². The summed E-state index contributed by atoms with van der Waals surface area (Å²) in [5.41, 5.74) is 4.90. The molecule has 1 aromatic rings. The number of amides is 1. The predicted molar refractivity (Wildman–Crippen MR) is 100 cm³/mol. The Labute approximate surface area is 167 Å². The molecule has 4 N–H and O–H groups in total. The van der Waals surface area contributed by atoms with Crippen molar-refractivity contribution in [3.63, 3.8) is 0 Å². The fourth-order valence-corrected chi connectivity index (χ4v) is 3.69. The van der Waals surface area contributed by atoms with E-state index in [1.54, 1.807) is 0 Å². The first-order valence-corrected chi connectivity index (χ1v) is 11.0. The second kappa shape index (κ2) is 8.69. The molecule has 2 rings (SSSR count). The molecule has 29 heavy (non-hydrogen) atoms. The molecule has 2 atom stereocenters. The van der Waals surface area contributed by atoms with Crippen molar-refractivity contribution in [1.82, 2.24) is 10.6 Å². The number of rotatable bonds is 9. The summed E-state index contributed by atoms with van der Waals surface area (Å²) in [6.45, 7) is 0.345. The highest BCUT2D eigenvalue weighted by Crippen LogP contribution is 2.35. The molecule has 0 spiro atoms. The van der Waals surface area contributed by atoms with Gasteiger partial charge in [0.05, 0.1) is 11.8 Å². The first-order valence-electron chi connectivity index (χ1n) is 8.92. The number of halogens is 3. The second-order valence-electron chi connectivity index (χ2n) is 7.25. The monoisotopic (exact) mass is 432 g/mol. The quantitative estimate of drug-likeness (QED) is 0.534. The first-order chi connectivity index (χ1) is 13.4. The highest BCUT2D eigenvalue weighted by molar-refractivity contribution is 7.90. The Bertz CT molecular complexity index is 875. The van der Waals surface area contributed by atoms with E-state index in [0.717, 1.165) is 11.8 Å². The number of hydrogen-bond acceptors (Lipinski definition) is 6. The van der Waals surface area contributed by atoms with Crippen LogP contribution in [0.1, 0.15) is 30.0 Å². The minimum Gasteiger partial charge on any atom is -0.336 e. The molecule has 0 unspecified atom stereocenters. The standard InChI is InChI=1S/C18H23F3N4O3S/c1-29(27,28)10-14(16(26)25-17(11-23)7-8-17)24-15(18(19,20)21)13-4-2-12(3-5-13)6-9-22/h2-5,14-15,24H,6-10,22H2,1H3,(H,25,26)/t14-,15-/m0/s1. The van der Waals surface area contributed by atoms with Gasteiger partial charge in [-0.1, -0.05) is 24.3 Å². The van der Waals surface area contributed by atoms with Crippen LogP contribution in [-0.4, -0.2) is 50.6 Å². The SMILES string of the molecule is CS(=O)(=O)C[C@H](N[C@@H](c1ccc(CCN)cc1)C(F)(F)F)C(=O)NC1(C#N)CC1. The van der Waals surface area contributed by atoms with Crippen molar-refractivity contribution in [2.75, 3.05) is 18.6 Å². The summed E-state index contributed by atoms with van der Waals surface area (Å²) in [4.78, 5) is 12.5. The number of carbonyl (C=O) groups is 1. The zero-order chi connectivity index (χ0) is 21.9. The van der Waals surface area contributed by atoms with E-state index < -0.39 is 45.3 Å². The van der Waals surface area contributed by atoms with Gasteiger partial charge < -0.3 is 11.1 Å². The molecule has 0 heterocycles. The minimum atomic E-state index is -4.78. The molecule has 0 bridgehead atoms. The van der Waals surface area contributed by atoms with Gasteiger partial charge in [0.1, 0.15) is 27.5 Å². The fraction of sp³-hybridized carbons (Fsp3) is 0.556. The van der Waals surface area contributed by atoms with Crippen LogP contribution in [0.3, 0.4) is 0 Å². The maximum absolute atomic E-state index is 13.7. The van der Waals surface area contributed by atoms with Crippen LogP contribution < -0.4 is 16.4 Å². The van der Waals surface area contributed by atoms with Crippen LogP contribution in [0.2, 0.25) is 0 Å². The number of carbonyl (C=O) groups excluding carboxylic acids is 1. The molecule has 1 fully saturated rings. The van der Waals surface area contributed by atoms with Crippen molar-refractivity contribution in [1.29, 1.82) is 5.26 Å². The van der Waals surface area contributed by atoms with E-state index in [1.807, 2.05) is 6.07 Å². The summed E-state index contributed by atoms with van der Waals surface area (Å²) < 4.78 is 64.5. The third kappa shape index (κ3) is 6.69. The van der Waals surface area contributed by atoms with Crippen molar-refractivity contribution < 1.29 is 26.4 Å². The van der Waals surface area contributed by atoms with Crippen molar-refractivity contribution in [3.8, 4) is 6.07 Å². The lowest BCUT2D eigenvalue weighted by Crippen LogP contribution is -2.54. The molecule has 0 aliphatic heterocycles. The van der Waals surface area contributed by atoms with Crippen LogP contribution in [0, 0.1) is 11.3 Å². The summed E-state index contributed by atoms with van der Waals surface area (Å²) in [6, 6.07) is 3.50. The van der Waals surface area contributed by atoms with E-state index in [4.69, 9.17) is 11.0 Å². The van der Waals surface area contributed by atoms with Gasteiger partial charge in [-0.25, -0.2) is 8.42 Å².